The van der Waals surface area contributed by atoms with Crippen molar-refractivity contribution in [1.82, 2.24) is 25.0 Å². The van der Waals surface area contributed by atoms with E-state index in [4.69, 9.17) is 10.7 Å². The van der Waals surface area contributed by atoms with E-state index in [9.17, 15) is 13.6 Å². The highest BCUT2D eigenvalue weighted by Gasteiger charge is 2.46. The van der Waals surface area contributed by atoms with Gasteiger partial charge in [-0.2, -0.15) is 0 Å². The molecule has 2 aliphatic heterocycles. The molecule has 1 aromatic heterocycles. The van der Waals surface area contributed by atoms with Gasteiger partial charge in [0.2, 0.25) is 11.8 Å². The number of rotatable bonds is 13. The fourth-order valence-corrected chi connectivity index (χ4v) is 8.84. The number of aryl methyl sites for hydroxylation is 1. The van der Waals surface area contributed by atoms with E-state index in [-0.39, 0.29) is 43.6 Å². The van der Waals surface area contributed by atoms with Gasteiger partial charge in [0, 0.05) is 62.7 Å². The molecule has 1 unspecified atom stereocenters. The van der Waals surface area contributed by atoms with E-state index in [0.717, 1.165) is 70.4 Å². The molecular formula is C37H54F2N6O. The van der Waals surface area contributed by atoms with Gasteiger partial charge in [0.15, 0.2) is 0 Å². The number of halogens is 2. The van der Waals surface area contributed by atoms with Crippen molar-refractivity contribution in [3.8, 4) is 0 Å². The van der Waals surface area contributed by atoms with Crippen molar-refractivity contribution in [3.63, 3.8) is 0 Å². The molecule has 2 bridgehead atoms. The highest BCUT2D eigenvalue weighted by Crippen LogP contribution is 2.39. The smallest absolute Gasteiger partial charge is 0.248 e. The van der Waals surface area contributed by atoms with E-state index in [1.807, 2.05) is 24.4 Å². The average molecular weight is 637 g/mol. The number of likely N-dealkylation sites (tertiary alicyclic amines) is 1. The minimum atomic E-state index is -2.64. The summed E-state index contributed by atoms with van der Waals surface area (Å²) < 4.78 is 27.6. The Balaban J connectivity index is 1.15. The molecule has 2 saturated heterocycles. The third kappa shape index (κ3) is 7.80. The summed E-state index contributed by atoms with van der Waals surface area (Å²) in [5, 5.41) is 3.31. The monoisotopic (exact) mass is 636 g/mol. The van der Waals surface area contributed by atoms with E-state index >= 15 is 0 Å². The molecule has 3 fully saturated rings. The van der Waals surface area contributed by atoms with Gasteiger partial charge in [-0.3, -0.25) is 24.5 Å². The number of hydrogen-bond acceptors (Lipinski definition) is 6. The van der Waals surface area contributed by atoms with Gasteiger partial charge >= 0.3 is 0 Å². The lowest BCUT2D eigenvalue weighted by Gasteiger charge is -2.48. The van der Waals surface area contributed by atoms with Gasteiger partial charge in [-0.05, 0) is 102 Å². The van der Waals surface area contributed by atoms with Crippen LogP contribution < -0.4 is 11.1 Å². The first-order valence-electron chi connectivity index (χ1n) is 17.9. The van der Waals surface area contributed by atoms with Crippen LogP contribution in [0.5, 0.6) is 0 Å². The summed E-state index contributed by atoms with van der Waals surface area (Å²) in [4.78, 5) is 26.3. The number of likely N-dealkylation sites (N-methyl/N-ethyl adjacent to an activating group) is 1. The van der Waals surface area contributed by atoms with Crippen LogP contribution in [0.3, 0.4) is 0 Å². The maximum atomic E-state index is 13.8. The van der Waals surface area contributed by atoms with Gasteiger partial charge in [-0.1, -0.05) is 36.4 Å². The maximum Gasteiger partial charge on any atom is 0.248 e. The van der Waals surface area contributed by atoms with Crippen molar-refractivity contribution in [2.75, 3.05) is 39.8 Å². The summed E-state index contributed by atoms with van der Waals surface area (Å²) in [6, 6.07) is 16.1. The Hall–Kier alpha value is -2.46. The van der Waals surface area contributed by atoms with E-state index in [1.165, 1.54) is 30.5 Å². The SMILES string of the molecule is CN1C[C@@H]2CC[C@H]([C@H]1CN(CCCCN)C1CCCc3cccnc31)N2CC[C@H](NC(=O)C1CCC(F)(F)CC1)c1ccccc1. The molecule has 4 aliphatic rings. The maximum absolute atomic E-state index is 13.8. The van der Waals surface area contributed by atoms with Gasteiger partial charge in [-0.15, -0.1) is 0 Å². The van der Waals surface area contributed by atoms with Gasteiger partial charge in [0.25, 0.3) is 0 Å². The number of fused-ring (bicyclic) bond motifs is 3. The lowest BCUT2D eigenvalue weighted by atomic mass is 9.86. The molecule has 2 aliphatic carbocycles. The number of unbranched alkanes of at least 4 members (excludes halogenated alkanes) is 1. The molecule has 252 valence electrons. The number of benzene rings is 1. The standard InChI is InChI=1S/C37H54F2N6O/c1-43-25-30-14-15-32(34(43)26-44(23-6-5-21-40)33-13-7-11-28-12-8-22-41-35(28)33)45(30)24-18-31(27-9-3-2-4-10-27)42-36(46)29-16-19-37(38,39)20-17-29/h2-4,8-10,12,22,29-34H,5-7,11,13-21,23-26,40H2,1H3,(H,42,46)/t30-,31-,32+,33?,34+/m0/s1. The number of carbonyl (C=O) groups is 1. The quantitative estimate of drug-likeness (QED) is 0.274. The van der Waals surface area contributed by atoms with Crippen molar-refractivity contribution in [2.45, 2.75) is 113 Å². The summed E-state index contributed by atoms with van der Waals surface area (Å²) in [6.07, 6.45) is 10.9. The van der Waals surface area contributed by atoms with Crippen LogP contribution in [0.25, 0.3) is 0 Å². The first kappa shape index (κ1) is 33.4. The molecule has 2 aromatic rings. The first-order valence-corrected chi connectivity index (χ1v) is 17.9. The summed E-state index contributed by atoms with van der Waals surface area (Å²) in [5.41, 5.74) is 9.68. The molecule has 5 atom stereocenters. The molecule has 0 radical (unpaired) electrons. The van der Waals surface area contributed by atoms with Crippen LogP contribution in [-0.2, 0) is 11.2 Å². The number of amides is 1. The molecule has 1 aromatic carbocycles. The average Bonchev–Trinajstić information content (AvgIpc) is 3.37. The van der Waals surface area contributed by atoms with Crippen LogP contribution in [0.2, 0.25) is 0 Å². The van der Waals surface area contributed by atoms with Crippen molar-refractivity contribution in [1.29, 1.82) is 0 Å². The molecular weight excluding hydrogens is 582 g/mol. The van der Waals surface area contributed by atoms with Gasteiger partial charge in [0.1, 0.15) is 0 Å². The summed E-state index contributed by atoms with van der Waals surface area (Å²) in [7, 11) is 2.30. The molecule has 7 nitrogen and oxygen atoms in total. The first-order chi connectivity index (χ1) is 22.3. The number of nitrogens with one attached hydrogen (secondary N) is 1. The minimum Gasteiger partial charge on any atom is -0.349 e. The third-order valence-corrected chi connectivity index (χ3v) is 11.4. The zero-order valence-corrected chi connectivity index (χ0v) is 27.6. The second-order valence-corrected chi connectivity index (χ2v) is 14.4. The fraction of sp³-hybridized carbons (Fsp3) is 0.676. The van der Waals surface area contributed by atoms with E-state index in [0.29, 0.717) is 24.2 Å². The van der Waals surface area contributed by atoms with E-state index in [1.54, 1.807) is 0 Å². The Bertz CT molecular complexity index is 1270. The number of pyridine rings is 1. The zero-order chi connectivity index (χ0) is 32.1. The zero-order valence-electron chi connectivity index (χ0n) is 27.6. The molecule has 1 saturated carbocycles. The molecule has 6 rings (SSSR count). The summed E-state index contributed by atoms with van der Waals surface area (Å²) in [5.74, 6) is -3.04. The predicted octanol–water partition coefficient (Wildman–Crippen LogP) is 5.72. The Morgan fingerprint density at radius 1 is 1.09 bits per heavy atom. The van der Waals surface area contributed by atoms with Crippen LogP contribution in [0.1, 0.15) is 99.5 Å². The highest BCUT2D eigenvalue weighted by atomic mass is 19.3. The van der Waals surface area contributed by atoms with Gasteiger partial charge < -0.3 is 11.1 Å². The summed E-state index contributed by atoms with van der Waals surface area (Å²) >= 11 is 0. The Labute approximate surface area is 274 Å². The number of nitrogens with zero attached hydrogens (tertiary/aromatic N) is 4. The van der Waals surface area contributed by atoms with Crippen molar-refractivity contribution >= 4 is 5.91 Å². The van der Waals surface area contributed by atoms with Crippen LogP contribution in [0.4, 0.5) is 8.78 Å². The summed E-state index contributed by atoms with van der Waals surface area (Å²) in [6.45, 7) is 4.73. The van der Waals surface area contributed by atoms with E-state index in [2.05, 4.69) is 51.3 Å². The van der Waals surface area contributed by atoms with Crippen molar-refractivity contribution in [3.05, 3.63) is 65.5 Å². The second-order valence-electron chi connectivity index (χ2n) is 14.4. The number of aromatic nitrogens is 1. The second kappa shape index (κ2) is 15.2. The topological polar surface area (TPSA) is 77.7 Å². The number of piperazine rings is 1. The molecule has 1 amide bonds. The lowest BCUT2D eigenvalue weighted by molar-refractivity contribution is -0.130. The molecule has 3 heterocycles. The Morgan fingerprint density at radius 3 is 2.67 bits per heavy atom. The van der Waals surface area contributed by atoms with Crippen LogP contribution >= 0.6 is 0 Å². The van der Waals surface area contributed by atoms with Crippen LogP contribution in [0.15, 0.2) is 48.7 Å². The predicted molar refractivity (Wildman–Crippen MR) is 179 cm³/mol. The van der Waals surface area contributed by atoms with E-state index < -0.39 is 5.92 Å². The number of hydrogen-bond donors (Lipinski definition) is 2. The van der Waals surface area contributed by atoms with Crippen LogP contribution in [-0.4, -0.2) is 89.4 Å². The molecule has 0 spiro atoms. The number of carbonyl (C=O) groups excluding carboxylic acids is 1. The number of alkyl halides is 2. The molecule has 9 heteroatoms. The van der Waals surface area contributed by atoms with Gasteiger partial charge in [0.05, 0.1) is 17.8 Å². The normalized spacial score (nSPS) is 27.4. The third-order valence-electron chi connectivity index (χ3n) is 11.4. The largest absolute Gasteiger partial charge is 0.349 e. The van der Waals surface area contributed by atoms with Gasteiger partial charge in [-0.25, -0.2) is 8.78 Å². The number of nitrogens with two attached hydrogens (primary N) is 1. The van der Waals surface area contributed by atoms with Crippen molar-refractivity contribution < 1.29 is 13.6 Å². The van der Waals surface area contributed by atoms with Crippen molar-refractivity contribution in [2.24, 2.45) is 11.7 Å². The van der Waals surface area contributed by atoms with Crippen LogP contribution in [0, 0.1) is 5.92 Å². The Kier molecular flexibility index (Phi) is 11.0. The Morgan fingerprint density at radius 2 is 1.89 bits per heavy atom. The fourth-order valence-electron chi connectivity index (χ4n) is 8.84. The molecule has 3 N–H and O–H groups in total. The lowest BCUT2D eigenvalue weighted by Crippen LogP contribution is -2.62. The molecule has 46 heavy (non-hydrogen) atoms. The minimum absolute atomic E-state index is 0.0712. The highest BCUT2D eigenvalue weighted by molar-refractivity contribution is 5.79.